The Bertz CT molecular complexity index is 677. The maximum atomic E-state index is 11.4. The molecule has 5 heteroatoms. The van der Waals surface area contributed by atoms with Crippen LogP contribution < -0.4 is 10.2 Å². The minimum absolute atomic E-state index is 0.169. The Morgan fingerprint density at radius 2 is 1.62 bits per heavy atom. The fraction of sp³-hybridized carbons (Fsp3) is 0.316. The molecule has 0 radical (unpaired) electrons. The van der Waals surface area contributed by atoms with Crippen LogP contribution in [0.1, 0.15) is 12.5 Å². The minimum atomic E-state index is 0.169. The summed E-state index contributed by atoms with van der Waals surface area (Å²) in [4.78, 5) is 15.6. The second-order valence-electron chi connectivity index (χ2n) is 6.02. The number of amides is 1. The molecule has 0 unspecified atom stereocenters. The number of nitrogens with zero attached hydrogens (tertiary/aromatic N) is 2. The summed E-state index contributed by atoms with van der Waals surface area (Å²) >= 11 is 3.45. The van der Waals surface area contributed by atoms with Gasteiger partial charge in [0.05, 0.1) is 0 Å². The number of hydrogen-bond acceptors (Lipinski definition) is 3. The summed E-state index contributed by atoms with van der Waals surface area (Å²) in [5, 5.41) is 3.45. The third-order valence-electron chi connectivity index (χ3n) is 4.37. The van der Waals surface area contributed by atoms with E-state index in [9.17, 15) is 4.79 Å². The van der Waals surface area contributed by atoms with E-state index in [2.05, 4.69) is 74.7 Å². The lowest BCUT2D eigenvalue weighted by molar-refractivity contribution is -0.129. The summed E-state index contributed by atoms with van der Waals surface area (Å²) < 4.78 is 1.10. The molecule has 2 aromatic rings. The van der Waals surface area contributed by atoms with Crippen molar-refractivity contribution in [2.45, 2.75) is 13.5 Å². The highest BCUT2D eigenvalue weighted by Crippen LogP contribution is 2.20. The van der Waals surface area contributed by atoms with Crippen LogP contribution in [-0.4, -0.2) is 37.0 Å². The Hall–Kier alpha value is -2.01. The second kappa shape index (κ2) is 7.71. The summed E-state index contributed by atoms with van der Waals surface area (Å²) in [6, 6.07) is 16.9. The van der Waals surface area contributed by atoms with Crippen molar-refractivity contribution in [3.05, 3.63) is 58.6 Å². The molecule has 1 amide bonds. The van der Waals surface area contributed by atoms with Crippen LogP contribution in [0.5, 0.6) is 0 Å². The van der Waals surface area contributed by atoms with Crippen LogP contribution in [0.15, 0.2) is 53.0 Å². The Morgan fingerprint density at radius 3 is 2.21 bits per heavy atom. The van der Waals surface area contributed by atoms with Gasteiger partial charge in [-0.3, -0.25) is 4.79 Å². The third kappa shape index (κ3) is 4.29. The molecule has 1 heterocycles. The fourth-order valence-electron chi connectivity index (χ4n) is 2.88. The quantitative estimate of drug-likeness (QED) is 0.867. The molecule has 1 aliphatic rings. The van der Waals surface area contributed by atoms with Gasteiger partial charge in [-0.1, -0.05) is 28.1 Å². The molecule has 4 nitrogen and oxygen atoms in total. The zero-order valence-corrected chi connectivity index (χ0v) is 15.4. The largest absolute Gasteiger partial charge is 0.381 e. The lowest BCUT2D eigenvalue weighted by Crippen LogP contribution is -2.48. The topological polar surface area (TPSA) is 35.6 Å². The van der Waals surface area contributed by atoms with Crippen LogP contribution in [0.3, 0.4) is 0 Å². The van der Waals surface area contributed by atoms with E-state index >= 15 is 0 Å². The number of piperazine rings is 1. The Balaban J connectivity index is 1.54. The smallest absolute Gasteiger partial charge is 0.219 e. The van der Waals surface area contributed by atoms with Crippen molar-refractivity contribution in [2.75, 3.05) is 36.4 Å². The monoisotopic (exact) mass is 387 g/mol. The number of rotatable bonds is 4. The molecule has 1 aliphatic heterocycles. The minimum Gasteiger partial charge on any atom is -0.381 e. The van der Waals surface area contributed by atoms with Crippen molar-refractivity contribution in [1.29, 1.82) is 0 Å². The molecule has 3 rings (SSSR count). The third-order valence-corrected chi connectivity index (χ3v) is 4.90. The first-order chi connectivity index (χ1) is 11.6. The first-order valence-corrected chi connectivity index (χ1v) is 9.00. The molecule has 0 atom stereocenters. The fourth-order valence-corrected chi connectivity index (χ4v) is 3.14. The van der Waals surface area contributed by atoms with E-state index in [0.29, 0.717) is 0 Å². The maximum absolute atomic E-state index is 11.4. The van der Waals surface area contributed by atoms with E-state index in [1.54, 1.807) is 6.92 Å². The lowest BCUT2D eigenvalue weighted by atomic mass is 10.2. The van der Waals surface area contributed by atoms with Gasteiger partial charge < -0.3 is 15.1 Å². The Labute approximate surface area is 151 Å². The van der Waals surface area contributed by atoms with Crippen LogP contribution in [0.2, 0.25) is 0 Å². The van der Waals surface area contributed by atoms with Gasteiger partial charge in [0.1, 0.15) is 0 Å². The number of carbonyl (C=O) groups is 1. The molecular formula is C19H22BrN3O. The predicted molar refractivity (Wildman–Crippen MR) is 102 cm³/mol. The van der Waals surface area contributed by atoms with Gasteiger partial charge in [0, 0.05) is 55.5 Å². The number of carbonyl (C=O) groups excluding carboxylic acids is 1. The Kier molecular flexibility index (Phi) is 5.41. The molecular weight excluding hydrogens is 366 g/mol. The highest BCUT2D eigenvalue weighted by Gasteiger charge is 2.18. The number of halogens is 1. The number of nitrogens with one attached hydrogen (secondary N) is 1. The van der Waals surface area contributed by atoms with Crippen LogP contribution >= 0.6 is 15.9 Å². The van der Waals surface area contributed by atoms with Crippen LogP contribution in [0.4, 0.5) is 11.4 Å². The molecule has 1 fully saturated rings. The SMILES string of the molecule is CC(=O)N1CCN(c2ccc(NCc3ccc(Br)cc3)cc2)CC1. The maximum Gasteiger partial charge on any atom is 0.219 e. The van der Waals surface area contributed by atoms with E-state index in [1.165, 1.54) is 11.3 Å². The highest BCUT2D eigenvalue weighted by molar-refractivity contribution is 9.10. The zero-order valence-electron chi connectivity index (χ0n) is 13.8. The van der Waals surface area contributed by atoms with E-state index < -0.39 is 0 Å². The Morgan fingerprint density at radius 1 is 1.00 bits per heavy atom. The van der Waals surface area contributed by atoms with Gasteiger partial charge >= 0.3 is 0 Å². The van der Waals surface area contributed by atoms with Crippen molar-refractivity contribution in [3.63, 3.8) is 0 Å². The lowest BCUT2D eigenvalue weighted by Gasteiger charge is -2.35. The number of anilines is 2. The van der Waals surface area contributed by atoms with E-state index in [1.807, 2.05) is 4.90 Å². The van der Waals surface area contributed by atoms with Crippen molar-refractivity contribution in [2.24, 2.45) is 0 Å². The van der Waals surface area contributed by atoms with Crippen molar-refractivity contribution in [1.82, 2.24) is 4.90 Å². The molecule has 126 valence electrons. The summed E-state index contributed by atoms with van der Waals surface area (Å²) in [5.41, 5.74) is 3.58. The number of benzene rings is 2. The van der Waals surface area contributed by atoms with Crippen LogP contribution in [-0.2, 0) is 11.3 Å². The van der Waals surface area contributed by atoms with Crippen molar-refractivity contribution >= 4 is 33.2 Å². The average molecular weight is 388 g/mol. The van der Waals surface area contributed by atoms with E-state index in [0.717, 1.165) is 42.9 Å². The van der Waals surface area contributed by atoms with Crippen molar-refractivity contribution < 1.29 is 4.79 Å². The molecule has 0 spiro atoms. The molecule has 24 heavy (non-hydrogen) atoms. The molecule has 1 saturated heterocycles. The van der Waals surface area contributed by atoms with E-state index in [4.69, 9.17) is 0 Å². The summed E-state index contributed by atoms with van der Waals surface area (Å²) in [5.74, 6) is 0.169. The van der Waals surface area contributed by atoms with Gasteiger partial charge in [-0.05, 0) is 42.0 Å². The summed E-state index contributed by atoms with van der Waals surface area (Å²) in [6.45, 7) is 5.85. The highest BCUT2D eigenvalue weighted by atomic mass is 79.9. The molecule has 0 bridgehead atoms. The van der Waals surface area contributed by atoms with Crippen molar-refractivity contribution in [3.8, 4) is 0 Å². The molecule has 0 saturated carbocycles. The predicted octanol–water partition coefficient (Wildman–Crippen LogP) is 3.73. The first kappa shape index (κ1) is 16.8. The summed E-state index contributed by atoms with van der Waals surface area (Å²) in [7, 11) is 0. The normalized spacial score (nSPS) is 14.6. The zero-order chi connectivity index (χ0) is 16.9. The molecule has 0 aliphatic carbocycles. The number of hydrogen-bond donors (Lipinski definition) is 1. The van der Waals surface area contributed by atoms with E-state index in [-0.39, 0.29) is 5.91 Å². The van der Waals surface area contributed by atoms with Gasteiger partial charge in [0.15, 0.2) is 0 Å². The van der Waals surface area contributed by atoms with Crippen LogP contribution in [0.25, 0.3) is 0 Å². The van der Waals surface area contributed by atoms with Gasteiger partial charge in [0.2, 0.25) is 5.91 Å². The van der Waals surface area contributed by atoms with Gasteiger partial charge in [-0.2, -0.15) is 0 Å². The standard InChI is InChI=1S/C19H22BrN3O/c1-15(24)22-10-12-23(13-11-22)19-8-6-18(7-9-19)21-14-16-2-4-17(20)5-3-16/h2-9,21H,10-14H2,1H3. The van der Waals surface area contributed by atoms with Gasteiger partial charge in [-0.25, -0.2) is 0 Å². The average Bonchev–Trinajstić information content (AvgIpc) is 2.62. The molecule has 2 aromatic carbocycles. The molecule has 1 N–H and O–H groups in total. The molecule has 0 aromatic heterocycles. The first-order valence-electron chi connectivity index (χ1n) is 8.21. The van der Waals surface area contributed by atoms with Crippen LogP contribution in [0, 0.1) is 0 Å². The van der Waals surface area contributed by atoms with Gasteiger partial charge in [-0.15, -0.1) is 0 Å². The second-order valence-corrected chi connectivity index (χ2v) is 6.94. The van der Waals surface area contributed by atoms with Gasteiger partial charge in [0.25, 0.3) is 0 Å². The summed E-state index contributed by atoms with van der Waals surface area (Å²) in [6.07, 6.45) is 0.